The van der Waals surface area contributed by atoms with Crippen molar-refractivity contribution >= 4 is 41.5 Å². The zero-order valence-electron chi connectivity index (χ0n) is 47.5. The third kappa shape index (κ3) is 21.7. The Bertz CT molecular complexity index is 2360. The molecule has 0 bridgehead atoms. The number of hydrogen-bond donors (Lipinski definition) is 0. The summed E-state index contributed by atoms with van der Waals surface area (Å²) in [5.74, 6) is 2.26. The Hall–Kier alpha value is -6.07. The number of anilines is 3. The van der Waals surface area contributed by atoms with E-state index in [0.29, 0.717) is 11.8 Å². The summed E-state index contributed by atoms with van der Waals surface area (Å²) in [6.45, 7) is 35.5. The summed E-state index contributed by atoms with van der Waals surface area (Å²) in [6, 6.07) is 23.2. The summed E-state index contributed by atoms with van der Waals surface area (Å²) in [4.78, 5) is 10.9. The van der Waals surface area contributed by atoms with Crippen molar-refractivity contribution in [3.63, 3.8) is 0 Å². The molecule has 4 aromatic rings. The van der Waals surface area contributed by atoms with Gasteiger partial charge in [0, 0.05) is 80.8 Å². The molecular weight excluding hydrogens is 851 g/mol. The fraction of sp³-hybridized carbons (Fsp3) is 0.400. The number of rotatable bonds is 11. The fourth-order valence-electron chi connectivity index (χ4n) is 7.06. The van der Waals surface area contributed by atoms with Crippen LogP contribution in [0, 0.1) is 11.8 Å². The van der Waals surface area contributed by atoms with Gasteiger partial charge < -0.3 is 19.3 Å². The van der Waals surface area contributed by atoms with Crippen LogP contribution in [0.5, 0.6) is 0 Å². The van der Waals surface area contributed by atoms with Crippen molar-refractivity contribution in [2.45, 2.75) is 129 Å². The maximum atomic E-state index is 4.53. The molecule has 2 heterocycles. The predicted octanol–water partition coefficient (Wildman–Crippen LogP) is 17.1. The van der Waals surface area contributed by atoms with E-state index in [1.165, 1.54) is 70.0 Å². The number of unbranched alkanes of at least 4 members (excludes halogenated alkanes) is 1. The third-order valence-electron chi connectivity index (χ3n) is 11.0. The van der Waals surface area contributed by atoms with Crippen LogP contribution in [0.4, 0.5) is 17.2 Å². The molecule has 2 aliphatic carbocycles. The maximum absolute atomic E-state index is 4.53. The summed E-state index contributed by atoms with van der Waals surface area (Å²) < 4.78 is 2.24. The van der Waals surface area contributed by atoms with Crippen LogP contribution in [0.15, 0.2) is 158 Å². The Kier molecular flexibility index (Phi) is 34.5. The second kappa shape index (κ2) is 37.8. The van der Waals surface area contributed by atoms with Gasteiger partial charge in [-0.05, 0) is 134 Å². The Morgan fingerprint density at radius 2 is 1.33 bits per heavy atom. The summed E-state index contributed by atoms with van der Waals surface area (Å²) in [5, 5.41) is 2.41. The van der Waals surface area contributed by atoms with Gasteiger partial charge in [-0.25, -0.2) is 4.98 Å². The first-order valence-corrected chi connectivity index (χ1v) is 26.1. The molecule has 0 saturated carbocycles. The summed E-state index contributed by atoms with van der Waals surface area (Å²) in [6.07, 6.45) is 36.8. The molecule has 6 rings (SSSR count). The van der Waals surface area contributed by atoms with Crippen molar-refractivity contribution in [3.05, 3.63) is 191 Å². The number of fused-ring (bicyclic) bond motifs is 1. The highest BCUT2D eigenvalue weighted by Gasteiger charge is 2.16. The average Bonchev–Trinajstić information content (AvgIpc) is 3.62. The molecule has 382 valence electrons. The minimum atomic E-state index is 0.630. The van der Waals surface area contributed by atoms with Crippen LogP contribution < -0.4 is 20.4 Å². The van der Waals surface area contributed by atoms with E-state index >= 15 is 0 Å². The smallest absolute Gasteiger partial charge is 0.135 e. The van der Waals surface area contributed by atoms with Crippen molar-refractivity contribution in [1.82, 2.24) is 14.5 Å². The lowest BCUT2D eigenvalue weighted by atomic mass is 9.94. The molecule has 0 spiro atoms. The van der Waals surface area contributed by atoms with Gasteiger partial charge in [0.15, 0.2) is 0 Å². The minimum absolute atomic E-state index is 0.630. The molecule has 0 amide bonds. The van der Waals surface area contributed by atoms with Gasteiger partial charge >= 0.3 is 0 Å². The van der Waals surface area contributed by atoms with Crippen molar-refractivity contribution < 1.29 is 0 Å². The molecular formula is C65H97N5. The molecule has 5 heteroatoms. The second-order valence-corrected chi connectivity index (χ2v) is 17.4. The molecule has 0 saturated heterocycles. The molecule has 2 atom stereocenters. The van der Waals surface area contributed by atoms with E-state index < -0.39 is 0 Å². The SMILES string of the molecule is C/C=C(/c1ccc(N(C)c2ccccc2)cc1)c1cccnc1N(C)C.C=C/C(=C\C=C/C)N(C)C1=CCC(C)C=C1.C=c1c2c(n(C)/c1=C/C=C\C)C=CC(C)C2.CC.CCC.CCC.CCCC. The Labute approximate surface area is 430 Å². The van der Waals surface area contributed by atoms with Crippen LogP contribution >= 0.6 is 0 Å². The fourth-order valence-corrected chi connectivity index (χ4v) is 7.06. The van der Waals surface area contributed by atoms with E-state index in [1.807, 2.05) is 84.4 Å². The van der Waals surface area contributed by atoms with Crippen LogP contribution in [0.25, 0.3) is 24.3 Å². The van der Waals surface area contributed by atoms with Crippen molar-refractivity contribution in [2.75, 3.05) is 38.0 Å². The van der Waals surface area contributed by atoms with Crippen LogP contribution in [0.2, 0.25) is 0 Å². The molecule has 0 aliphatic heterocycles. The molecule has 70 heavy (non-hydrogen) atoms. The Balaban J connectivity index is 0.000000943. The zero-order valence-corrected chi connectivity index (χ0v) is 47.5. The normalized spacial score (nSPS) is 14.8. The number of benzene rings is 2. The van der Waals surface area contributed by atoms with E-state index in [0.717, 1.165) is 35.6 Å². The maximum Gasteiger partial charge on any atom is 0.135 e. The third-order valence-corrected chi connectivity index (χ3v) is 11.0. The Morgan fingerprint density at radius 3 is 1.83 bits per heavy atom. The highest BCUT2D eigenvalue weighted by atomic mass is 15.1. The lowest BCUT2D eigenvalue weighted by molar-refractivity contribution is 0.539. The summed E-state index contributed by atoms with van der Waals surface area (Å²) >= 11 is 0. The molecule has 0 N–H and O–H groups in total. The van der Waals surface area contributed by atoms with Gasteiger partial charge in [-0.1, -0.05) is 187 Å². The van der Waals surface area contributed by atoms with Gasteiger partial charge in [-0.2, -0.15) is 0 Å². The largest absolute Gasteiger partial charge is 0.362 e. The monoisotopic (exact) mass is 948 g/mol. The minimum Gasteiger partial charge on any atom is -0.362 e. The van der Waals surface area contributed by atoms with Gasteiger partial charge in [0.05, 0.1) is 0 Å². The number of hydrogen-bond acceptors (Lipinski definition) is 4. The summed E-state index contributed by atoms with van der Waals surface area (Å²) in [5.41, 5.74) is 10.9. The van der Waals surface area contributed by atoms with Gasteiger partial charge in [0.25, 0.3) is 0 Å². The molecule has 0 fully saturated rings. The van der Waals surface area contributed by atoms with Gasteiger partial charge in [-0.3, -0.25) is 0 Å². The number of aromatic nitrogens is 2. The van der Waals surface area contributed by atoms with Crippen LogP contribution in [0.1, 0.15) is 144 Å². The standard InChI is InChI=1S/C23H25N3.C15H19N.C15H21N.C4H10.2C3H8.C2H6/c1-5-21(22-12-9-17-24-23(22)25(2)3)18-13-15-20(16-14-18)26(4)19-10-7-6-8-11-19;1-5-6-7-14-12(3)13-10-11(2)8-9-15(13)16(14)4;1-5-7-8-14(6-2)16(4)15-11-9-13(3)10-12-15;1-3-4-2;2*1-3-2;1-2/h5-17H,1-4H3;5-9,11H,3,10H2,1-2,4H3;5-9,11-13H,2,10H2,1,3-4H3;3-4H2,1-2H3;2*3H2,1-2H3;1-2H3/b21-5-;6-5-,14-7+;7-5-,14-8+;;;;. The molecule has 0 radical (unpaired) electrons. The van der Waals surface area contributed by atoms with E-state index in [9.17, 15) is 0 Å². The summed E-state index contributed by atoms with van der Waals surface area (Å²) in [7, 11) is 10.3. The van der Waals surface area contributed by atoms with E-state index in [4.69, 9.17) is 0 Å². The highest BCUT2D eigenvalue weighted by Crippen LogP contribution is 2.32. The quantitative estimate of drug-likeness (QED) is 0.140. The second-order valence-electron chi connectivity index (χ2n) is 17.4. The molecule has 2 aromatic heterocycles. The number of pyridine rings is 1. The van der Waals surface area contributed by atoms with E-state index in [2.05, 4.69) is 230 Å². The molecule has 2 aromatic carbocycles. The molecule has 2 unspecified atom stereocenters. The van der Waals surface area contributed by atoms with Crippen molar-refractivity contribution in [1.29, 1.82) is 0 Å². The van der Waals surface area contributed by atoms with Crippen molar-refractivity contribution in [3.8, 4) is 0 Å². The lowest BCUT2D eigenvalue weighted by Crippen LogP contribution is -2.27. The van der Waals surface area contributed by atoms with Gasteiger partial charge in [0.2, 0.25) is 0 Å². The van der Waals surface area contributed by atoms with Gasteiger partial charge in [-0.15, -0.1) is 0 Å². The molecule has 2 aliphatic rings. The number of allylic oxidation sites excluding steroid dienone is 11. The van der Waals surface area contributed by atoms with Crippen LogP contribution in [-0.4, -0.2) is 42.6 Å². The number of likely N-dealkylation sites (N-methyl/N-ethyl adjacent to an activating group) is 1. The number of nitrogens with zero attached hydrogens (tertiary/aromatic N) is 5. The first kappa shape index (κ1) is 63.9. The van der Waals surface area contributed by atoms with E-state index in [-0.39, 0.29) is 0 Å². The lowest BCUT2D eigenvalue weighted by Gasteiger charge is -2.24. The predicted molar refractivity (Wildman–Crippen MR) is 319 cm³/mol. The van der Waals surface area contributed by atoms with E-state index in [1.54, 1.807) is 0 Å². The molecule has 5 nitrogen and oxygen atoms in total. The first-order valence-electron chi connectivity index (χ1n) is 26.1. The topological polar surface area (TPSA) is 27.5 Å². The van der Waals surface area contributed by atoms with Crippen LogP contribution in [0.3, 0.4) is 0 Å². The zero-order chi connectivity index (χ0) is 53.0. The first-order chi connectivity index (χ1) is 33.7. The highest BCUT2D eigenvalue weighted by molar-refractivity contribution is 5.85. The average molecular weight is 949 g/mol. The van der Waals surface area contributed by atoms with Crippen LogP contribution in [-0.2, 0) is 13.5 Å². The number of para-hydroxylation sites is 1. The van der Waals surface area contributed by atoms with Gasteiger partial charge in [0.1, 0.15) is 5.82 Å². The Morgan fingerprint density at radius 1 is 0.757 bits per heavy atom. The van der Waals surface area contributed by atoms with Crippen molar-refractivity contribution in [2.24, 2.45) is 18.9 Å².